The molecule has 6 nitrogen and oxygen atoms in total. The number of piperidine rings is 1. The quantitative estimate of drug-likeness (QED) is 0.928. The van der Waals surface area contributed by atoms with Gasteiger partial charge in [-0.25, -0.2) is 4.63 Å². The minimum absolute atomic E-state index is 0.171. The first-order valence-electron chi connectivity index (χ1n) is 6.77. The summed E-state index contributed by atoms with van der Waals surface area (Å²) >= 11 is 0. The highest BCUT2D eigenvalue weighted by molar-refractivity contribution is 6.02. The molecule has 2 heterocycles. The molecule has 0 radical (unpaired) electrons. The molecule has 0 bridgehead atoms. The molecule has 0 atom stereocenters. The second-order valence-corrected chi connectivity index (χ2v) is 4.84. The Bertz CT molecular complexity index is 559. The molecule has 6 heteroatoms. The number of rotatable bonds is 3. The maximum atomic E-state index is 11.8. The average molecular weight is 272 g/mol. The molecule has 1 saturated heterocycles. The van der Waals surface area contributed by atoms with Crippen molar-refractivity contribution in [3.8, 4) is 0 Å². The van der Waals surface area contributed by atoms with Crippen LogP contribution in [0.15, 0.2) is 35.1 Å². The van der Waals surface area contributed by atoms with Crippen molar-refractivity contribution in [3.63, 3.8) is 0 Å². The molecule has 2 aromatic rings. The van der Waals surface area contributed by atoms with Crippen LogP contribution in [0.2, 0.25) is 0 Å². The first-order valence-corrected chi connectivity index (χ1v) is 6.77. The van der Waals surface area contributed by atoms with Crippen LogP contribution in [0.25, 0.3) is 0 Å². The van der Waals surface area contributed by atoms with Gasteiger partial charge in [-0.1, -0.05) is 5.16 Å². The third-order valence-corrected chi connectivity index (χ3v) is 3.44. The monoisotopic (exact) mass is 272 g/mol. The Balaban J connectivity index is 1.65. The summed E-state index contributed by atoms with van der Waals surface area (Å²) in [5.74, 6) is -0.322. The SMILES string of the molecule is O=C(Nc1ccc(N2CCCCC2)cc1)c1cnon1. The Morgan fingerprint density at radius 2 is 1.90 bits per heavy atom. The number of nitrogens with one attached hydrogen (secondary N) is 1. The van der Waals surface area contributed by atoms with E-state index in [1.165, 1.54) is 31.1 Å². The van der Waals surface area contributed by atoms with Gasteiger partial charge < -0.3 is 10.2 Å². The van der Waals surface area contributed by atoms with Gasteiger partial charge in [0.15, 0.2) is 5.69 Å². The van der Waals surface area contributed by atoms with Crippen molar-refractivity contribution < 1.29 is 9.42 Å². The lowest BCUT2D eigenvalue weighted by atomic mass is 10.1. The van der Waals surface area contributed by atoms with Crippen molar-refractivity contribution in [2.24, 2.45) is 0 Å². The smallest absolute Gasteiger partial charge is 0.279 e. The number of anilines is 2. The second kappa shape index (κ2) is 5.73. The molecule has 0 spiro atoms. The predicted molar refractivity (Wildman–Crippen MR) is 74.8 cm³/mol. The summed E-state index contributed by atoms with van der Waals surface area (Å²) in [6.45, 7) is 2.21. The Labute approximate surface area is 116 Å². The molecular weight excluding hydrogens is 256 g/mol. The third kappa shape index (κ3) is 2.79. The lowest BCUT2D eigenvalue weighted by Crippen LogP contribution is -2.29. The molecule has 1 aromatic heterocycles. The van der Waals surface area contributed by atoms with E-state index in [-0.39, 0.29) is 11.6 Å². The number of hydrogen-bond donors (Lipinski definition) is 1. The predicted octanol–water partition coefficient (Wildman–Crippen LogP) is 2.31. The first kappa shape index (κ1) is 12.7. The summed E-state index contributed by atoms with van der Waals surface area (Å²) in [4.78, 5) is 14.1. The van der Waals surface area contributed by atoms with Crippen molar-refractivity contribution in [2.45, 2.75) is 19.3 Å². The zero-order chi connectivity index (χ0) is 13.8. The van der Waals surface area contributed by atoms with E-state index in [4.69, 9.17) is 0 Å². The molecule has 3 rings (SSSR count). The van der Waals surface area contributed by atoms with Gasteiger partial charge in [-0.05, 0) is 48.7 Å². The summed E-state index contributed by atoms with van der Waals surface area (Å²) in [7, 11) is 0. The van der Waals surface area contributed by atoms with Crippen LogP contribution in [0.4, 0.5) is 11.4 Å². The lowest BCUT2D eigenvalue weighted by molar-refractivity contribution is 0.101. The van der Waals surface area contributed by atoms with E-state index in [1.807, 2.05) is 24.3 Å². The number of nitrogens with zero attached hydrogens (tertiary/aromatic N) is 3. The van der Waals surface area contributed by atoms with E-state index in [2.05, 4.69) is 25.2 Å². The van der Waals surface area contributed by atoms with Gasteiger partial charge >= 0.3 is 0 Å². The van der Waals surface area contributed by atoms with E-state index in [0.29, 0.717) is 0 Å². The van der Waals surface area contributed by atoms with Crippen LogP contribution in [0.5, 0.6) is 0 Å². The minimum atomic E-state index is -0.322. The third-order valence-electron chi connectivity index (χ3n) is 3.44. The minimum Gasteiger partial charge on any atom is -0.372 e. The van der Waals surface area contributed by atoms with Crippen LogP contribution in [-0.2, 0) is 0 Å². The zero-order valence-corrected chi connectivity index (χ0v) is 11.1. The number of benzene rings is 1. The normalized spacial score (nSPS) is 15.1. The number of aromatic nitrogens is 2. The Morgan fingerprint density at radius 3 is 2.55 bits per heavy atom. The number of amides is 1. The largest absolute Gasteiger partial charge is 0.372 e. The zero-order valence-electron chi connectivity index (χ0n) is 11.1. The molecule has 1 N–H and O–H groups in total. The molecule has 0 aliphatic carbocycles. The summed E-state index contributed by atoms with van der Waals surface area (Å²) in [6, 6.07) is 7.86. The van der Waals surface area contributed by atoms with Crippen molar-refractivity contribution in [3.05, 3.63) is 36.2 Å². The van der Waals surface area contributed by atoms with Crippen molar-refractivity contribution >= 4 is 17.3 Å². The molecule has 1 aliphatic rings. The highest BCUT2D eigenvalue weighted by atomic mass is 16.6. The maximum Gasteiger partial charge on any atom is 0.279 e. The fourth-order valence-corrected chi connectivity index (χ4v) is 2.37. The van der Waals surface area contributed by atoms with Gasteiger partial charge in [0, 0.05) is 24.5 Å². The van der Waals surface area contributed by atoms with Gasteiger partial charge in [0.2, 0.25) is 0 Å². The van der Waals surface area contributed by atoms with E-state index >= 15 is 0 Å². The number of carbonyl (C=O) groups is 1. The molecule has 1 fully saturated rings. The summed E-state index contributed by atoms with van der Waals surface area (Å²) in [5, 5.41) is 9.66. The van der Waals surface area contributed by atoms with Crippen LogP contribution >= 0.6 is 0 Å². The average Bonchev–Trinajstić information content (AvgIpc) is 3.03. The summed E-state index contributed by atoms with van der Waals surface area (Å²) in [5.41, 5.74) is 2.11. The van der Waals surface area contributed by atoms with Crippen LogP contribution in [0.3, 0.4) is 0 Å². The Morgan fingerprint density at radius 1 is 1.15 bits per heavy atom. The van der Waals surface area contributed by atoms with E-state index < -0.39 is 0 Å². The van der Waals surface area contributed by atoms with Gasteiger partial charge in [0.1, 0.15) is 6.20 Å². The van der Waals surface area contributed by atoms with Crippen LogP contribution in [0, 0.1) is 0 Å². The molecule has 1 amide bonds. The molecular formula is C14H16N4O2. The molecule has 1 aliphatic heterocycles. The Kier molecular flexibility index (Phi) is 3.62. The van der Waals surface area contributed by atoms with E-state index in [9.17, 15) is 4.79 Å². The highest BCUT2D eigenvalue weighted by Gasteiger charge is 2.12. The van der Waals surface area contributed by atoms with Crippen LogP contribution in [-0.4, -0.2) is 29.3 Å². The number of carbonyl (C=O) groups excluding carboxylic acids is 1. The number of hydrogen-bond acceptors (Lipinski definition) is 5. The first-order chi connectivity index (χ1) is 9.83. The lowest BCUT2D eigenvalue weighted by Gasteiger charge is -2.28. The fraction of sp³-hybridized carbons (Fsp3) is 0.357. The van der Waals surface area contributed by atoms with Gasteiger partial charge in [-0.2, -0.15) is 0 Å². The van der Waals surface area contributed by atoms with Crippen molar-refractivity contribution in [1.82, 2.24) is 10.3 Å². The van der Waals surface area contributed by atoms with Gasteiger partial charge in [0.05, 0.1) is 0 Å². The van der Waals surface area contributed by atoms with Crippen molar-refractivity contribution in [1.29, 1.82) is 0 Å². The van der Waals surface area contributed by atoms with Crippen LogP contribution < -0.4 is 10.2 Å². The summed E-state index contributed by atoms with van der Waals surface area (Å²) < 4.78 is 4.40. The molecule has 0 saturated carbocycles. The molecule has 104 valence electrons. The maximum absolute atomic E-state index is 11.8. The van der Waals surface area contributed by atoms with Gasteiger partial charge in [-0.3, -0.25) is 4.79 Å². The topological polar surface area (TPSA) is 71.3 Å². The van der Waals surface area contributed by atoms with Crippen molar-refractivity contribution in [2.75, 3.05) is 23.3 Å². The molecule has 20 heavy (non-hydrogen) atoms. The fourth-order valence-electron chi connectivity index (χ4n) is 2.37. The second-order valence-electron chi connectivity index (χ2n) is 4.84. The van der Waals surface area contributed by atoms with E-state index in [1.54, 1.807) is 0 Å². The van der Waals surface area contributed by atoms with Crippen LogP contribution in [0.1, 0.15) is 29.8 Å². The molecule has 0 unspecified atom stereocenters. The summed E-state index contributed by atoms with van der Waals surface area (Å²) in [6.07, 6.45) is 5.10. The van der Waals surface area contributed by atoms with E-state index in [0.717, 1.165) is 18.8 Å². The Hall–Kier alpha value is -2.37. The molecule has 1 aromatic carbocycles. The van der Waals surface area contributed by atoms with Gasteiger partial charge in [-0.15, -0.1) is 0 Å². The highest BCUT2D eigenvalue weighted by Crippen LogP contribution is 2.21. The standard InChI is InChI=1S/C14H16N4O2/c19-14(13-10-15-20-17-13)16-11-4-6-12(7-5-11)18-8-2-1-3-9-18/h4-7,10H,1-3,8-9H2,(H,16,19). The van der Waals surface area contributed by atoms with Gasteiger partial charge in [0.25, 0.3) is 5.91 Å².